The van der Waals surface area contributed by atoms with Crippen molar-refractivity contribution < 1.29 is 13.9 Å². The maximum absolute atomic E-state index is 12.6. The molecule has 1 amide bonds. The topological polar surface area (TPSA) is 80.6 Å². The van der Waals surface area contributed by atoms with E-state index in [2.05, 4.69) is 10.6 Å². The molecular weight excluding hydrogens is 495 g/mol. The Morgan fingerprint density at radius 2 is 1.74 bits per heavy atom. The van der Waals surface area contributed by atoms with Crippen LogP contribution in [0.15, 0.2) is 69.9 Å². The number of hydrogen-bond acceptors (Lipinski definition) is 5. The summed E-state index contributed by atoms with van der Waals surface area (Å²) in [7, 11) is 1.43. The van der Waals surface area contributed by atoms with Crippen LogP contribution in [0.1, 0.15) is 15.9 Å². The van der Waals surface area contributed by atoms with Crippen molar-refractivity contribution in [2.45, 2.75) is 6.92 Å². The number of ether oxygens (including phenoxy) is 1. The summed E-state index contributed by atoms with van der Waals surface area (Å²) in [4.78, 5) is 25.2. The Kier molecular flexibility index (Phi) is 6.88. The van der Waals surface area contributed by atoms with E-state index in [9.17, 15) is 9.59 Å². The Hall–Kier alpha value is -3.39. The second kappa shape index (κ2) is 9.85. The minimum atomic E-state index is -0.493. The lowest BCUT2D eigenvalue weighted by Gasteiger charge is -2.14. The summed E-state index contributed by atoms with van der Waals surface area (Å²) in [5.41, 5.74) is 2.85. The average Bonchev–Trinajstić information content (AvgIpc) is 2.80. The van der Waals surface area contributed by atoms with Gasteiger partial charge in [-0.3, -0.25) is 10.1 Å². The lowest BCUT2D eigenvalue weighted by molar-refractivity contribution is 0.0977. The third kappa shape index (κ3) is 4.92. The molecule has 1 heterocycles. The minimum Gasteiger partial charge on any atom is -0.494 e. The van der Waals surface area contributed by atoms with Gasteiger partial charge in [-0.1, -0.05) is 53.5 Å². The molecule has 4 rings (SSSR count). The molecule has 2 N–H and O–H groups in total. The number of aryl methyl sites for hydroxylation is 1. The van der Waals surface area contributed by atoms with Crippen LogP contribution in [0.3, 0.4) is 0 Å². The monoisotopic (exact) mass is 512 g/mol. The maximum atomic E-state index is 12.6. The molecule has 0 aliphatic carbocycles. The molecule has 1 aromatic heterocycles. The summed E-state index contributed by atoms with van der Waals surface area (Å²) in [6, 6.07) is 17.4. The second-order valence-corrected chi connectivity index (χ2v) is 8.62. The van der Waals surface area contributed by atoms with Gasteiger partial charge in [0.1, 0.15) is 5.58 Å². The molecule has 0 fully saturated rings. The van der Waals surface area contributed by atoms with Crippen molar-refractivity contribution in [3.63, 3.8) is 0 Å². The number of carbonyl (C=O) groups is 1. The Morgan fingerprint density at radius 3 is 2.44 bits per heavy atom. The van der Waals surface area contributed by atoms with Gasteiger partial charge in [0.15, 0.2) is 10.9 Å². The highest BCUT2D eigenvalue weighted by molar-refractivity contribution is 7.80. The van der Waals surface area contributed by atoms with Crippen molar-refractivity contribution in [1.29, 1.82) is 0 Å². The molecule has 0 radical (unpaired) electrons. The average molecular weight is 513 g/mol. The largest absolute Gasteiger partial charge is 0.494 e. The highest BCUT2D eigenvalue weighted by Gasteiger charge is 2.15. The van der Waals surface area contributed by atoms with Crippen molar-refractivity contribution in [3.05, 3.63) is 92.3 Å². The number of hydrogen-bond donors (Lipinski definition) is 2. The number of halogens is 2. The number of carbonyl (C=O) groups excluding carboxylic acids is 1. The number of rotatable bonds is 4. The first-order valence-electron chi connectivity index (χ1n) is 10.1. The van der Waals surface area contributed by atoms with Crippen LogP contribution < -0.4 is 21.0 Å². The number of methoxy groups -OCH3 is 1. The molecule has 34 heavy (non-hydrogen) atoms. The van der Waals surface area contributed by atoms with E-state index in [-0.39, 0.29) is 26.5 Å². The molecule has 0 saturated carbocycles. The molecule has 3 aromatic carbocycles. The highest BCUT2D eigenvalue weighted by atomic mass is 35.5. The quantitative estimate of drug-likeness (QED) is 0.250. The lowest BCUT2D eigenvalue weighted by Crippen LogP contribution is -2.34. The van der Waals surface area contributed by atoms with Gasteiger partial charge in [-0.15, -0.1) is 0 Å². The van der Waals surface area contributed by atoms with E-state index < -0.39 is 11.5 Å². The summed E-state index contributed by atoms with van der Waals surface area (Å²) in [5, 5.41) is 6.90. The molecule has 0 aliphatic heterocycles. The van der Waals surface area contributed by atoms with Gasteiger partial charge in [0.2, 0.25) is 0 Å². The lowest BCUT2D eigenvalue weighted by atomic mass is 10.0. The molecular formula is C25H18Cl2N2O4S. The molecule has 0 spiro atoms. The fourth-order valence-electron chi connectivity index (χ4n) is 3.40. The van der Waals surface area contributed by atoms with Crippen LogP contribution in [0.25, 0.3) is 22.1 Å². The van der Waals surface area contributed by atoms with Crippen LogP contribution in [0, 0.1) is 6.92 Å². The summed E-state index contributed by atoms with van der Waals surface area (Å²) in [6.45, 7) is 1.88. The van der Waals surface area contributed by atoms with Crippen molar-refractivity contribution in [1.82, 2.24) is 5.32 Å². The highest BCUT2D eigenvalue weighted by Crippen LogP contribution is 2.33. The maximum Gasteiger partial charge on any atom is 0.344 e. The van der Waals surface area contributed by atoms with E-state index in [4.69, 9.17) is 44.6 Å². The Bertz CT molecular complexity index is 1480. The first-order chi connectivity index (χ1) is 16.3. The van der Waals surface area contributed by atoms with Gasteiger partial charge in [-0.05, 0) is 60.6 Å². The van der Waals surface area contributed by atoms with E-state index in [1.54, 1.807) is 18.2 Å². The summed E-state index contributed by atoms with van der Waals surface area (Å²) in [6.07, 6.45) is 0. The molecule has 9 heteroatoms. The van der Waals surface area contributed by atoms with Crippen LogP contribution in [-0.2, 0) is 0 Å². The fraction of sp³-hybridized carbons (Fsp3) is 0.0800. The van der Waals surface area contributed by atoms with Gasteiger partial charge in [-0.25, -0.2) is 4.79 Å². The van der Waals surface area contributed by atoms with Crippen molar-refractivity contribution in [2.75, 3.05) is 12.4 Å². The van der Waals surface area contributed by atoms with Gasteiger partial charge >= 0.3 is 5.63 Å². The van der Waals surface area contributed by atoms with E-state index in [1.807, 2.05) is 37.3 Å². The molecule has 0 atom stereocenters. The van der Waals surface area contributed by atoms with Gasteiger partial charge in [0, 0.05) is 16.6 Å². The van der Waals surface area contributed by atoms with Gasteiger partial charge < -0.3 is 14.5 Å². The number of anilines is 1. The number of para-hydroxylation sites is 1. The van der Waals surface area contributed by atoms with E-state index >= 15 is 0 Å². The Morgan fingerprint density at radius 1 is 1.03 bits per heavy atom. The first kappa shape index (κ1) is 23.8. The van der Waals surface area contributed by atoms with Gasteiger partial charge in [0.05, 0.1) is 22.7 Å². The van der Waals surface area contributed by atoms with E-state index in [0.29, 0.717) is 22.4 Å². The van der Waals surface area contributed by atoms with Crippen LogP contribution in [0.4, 0.5) is 5.69 Å². The zero-order valence-corrected chi connectivity index (χ0v) is 20.4. The Balaban J connectivity index is 1.56. The second-order valence-electron chi connectivity index (χ2n) is 7.40. The van der Waals surface area contributed by atoms with Crippen LogP contribution >= 0.6 is 35.4 Å². The molecule has 0 bridgehead atoms. The normalized spacial score (nSPS) is 10.7. The number of benzene rings is 3. The van der Waals surface area contributed by atoms with E-state index in [0.717, 1.165) is 10.9 Å². The molecule has 6 nitrogen and oxygen atoms in total. The van der Waals surface area contributed by atoms with Crippen LogP contribution in [-0.4, -0.2) is 18.1 Å². The van der Waals surface area contributed by atoms with Gasteiger partial charge in [0.25, 0.3) is 5.91 Å². The predicted octanol–water partition coefficient (Wildman–Crippen LogP) is 6.21. The van der Waals surface area contributed by atoms with Gasteiger partial charge in [-0.2, -0.15) is 0 Å². The Labute approximate surface area is 210 Å². The number of nitrogens with one attached hydrogen (secondary N) is 2. The molecule has 0 aliphatic rings. The third-order valence-electron chi connectivity index (χ3n) is 5.13. The zero-order chi connectivity index (χ0) is 24.4. The van der Waals surface area contributed by atoms with Crippen molar-refractivity contribution in [2.24, 2.45) is 0 Å². The van der Waals surface area contributed by atoms with Crippen LogP contribution in [0.5, 0.6) is 5.75 Å². The van der Waals surface area contributed by atoms with Crippen LogP contribution in [0.2, 0.25) is 10.0 Å². The number of thiocarbonyl (C=S) groups is 1. The SMILES string of the molecule is COc1c(Cl)cc(C(=O)NC(=S)Nc2cc(-c3cc4ccccc4oc3=O)ccc2C)cc1Cl. The van der Waals surface area contributed by atoms with E-state index in [1.165, 1.54) is 19.2 Å². The van der Waals surface area contributed by atoms with Crippen molar-refractivity contribution in [3.8, 4) is 16.9 Å². The number of fused-ring (bicyclic) bond motifs is 1. The molecule has 0 unspecified atom stereocenters. The fourth-order valence-corrected chi connectivity index (χ4v) is 4.25. The smallest absolute Gasteiger partial charge is 0.344 e. The minimum absolute atomic E-state index is 0.0684. The standard InChI is InChI=1S/C25H18Cl2N2O4S/c1-13-7-8-14(17-9-15-5-3-4-6-21(15)33-24(17)31)12-20(13)28-25(34)29-23(30)16-10-18(26)22(32-2)19(27)11-16/h3-12H,1-2H3,(H2,28,29,30,34). The first-order valence-corrected chi connectivity index (χ1v) is 11.2. The summed E-state index contributed by atoms with van der Waals surface area (Å²) in [5.74, 6) is -0.209. The molecule has 0 saturated heterocycles. The summed E-state index contributed by atoms with van der Waals surface area (Å²) < 4.78 is 10.5. The van der Waals surface area contributed by atoms with Crippen molar-refractivity contribution >= 4 is 63.1 Å². The molecule has 172 valence electrons. The number of amides is 1. The zero-order valence-electron chi connectivity index (χ0n) is 18.1. The summed E-state index contributed by atoms with van der Waals surface area (Å²) >= 11 is 17.6. The predicted molar refractivity (Wildman–Crippen MR) is 139 cm³/mol. The molecule has 4 aromatic rings. The third-order valence-corrected chi connectivity index (χ3v) is 5.90.